The molecule has 0 saturated carbocycles. The Morgan fingerprint density at radius 1 is 1.00 bits per heavy atom. The summed E-state index contributed by atoms with van der Waals surface area (Å²) in [4.78, 5) is 0. The summed E-state index contributed by atoms with van der Waals surface area (Å²) in [5.74, 6) is -0.0110. The fourth-order valence-electron chi connectivity index (χ4n) is 2.37. The maximum Gasteiger partial charge on any atom is 0.200 e. The molecule has 2 aromatic rings. The number of aromatic hydroxyl groups is 3. The smallest absolute Gasteiger partial charge is 0.200 e. The molecule has 0 aliphatic rings. The van der Waals surface area contributed by atoms with Gasteiger partial charge in [-0.25, -0.2) is 0 Å². The van der Waals surface area contributed by atoms with Crippen LogP contribution in [0.1, 0.15) is 18.9 Å². The minimum atomic E-state index is -0.299. The summed E-state index contributed by atoms with van der Waals surface area (Å²) in [6, 6.07) is 8.25. The molecule has 0 spiro atoms. The van der Waals surface area contributed by atoms with E-state index < -0.39 is 0 Å². The number of phenolic OH excluding ortho intramolecular Hbond substituents is 3. The van der Waals surface area contributed by atoms with E-state index in [1.807, 2.05) is 13.0 Å². The third kappa shape index (κ3) is 3.87. The molecule has 0 heterocycles. The van der Waals surface area contributed by atoms with Crippen molar-refractivity contribution in [1.29, 1.82) is 0 Å². The molecule has 0 bridgehead atoms. The van der Waals surface area contributed by atoms with E-state index in [0.29, 0.717) is 12.0 Å². The number of aliphatic hydroxyl groups is 1. The summed E-state index contributed by atoms with van der Waals surface area (Å²) in [5.41, 5.74) is 2.24. The zero-order valence-electron chi connectivity index (χ0n) is 13.3. The van der Waals surface area contributed by atoms with E-state index in [1.54, 1.807) is 18.2 Å². The van der Waals surface area contributed by atoms with Gasteiger partial charge in [0.2, 0.25) is 5.75 Å². The minimum absolute atomic E-state index is 0.115. The zero-order valence-corrected chi connectivity index (χ0v) is 13.3. The van der Waals surface area contributed by atoms with Gasteiger partial charge in [0.1, 0.15) is 5.75 Å². The molecule has 0 fully saturated rings. The minimum Gasteiger partial charge on any atom is -0.508 e. The molecular weight excluding hydrogens is 296 g/mol. The summed E-state index contributed by atoms with van der Waals surface area (Å²) < 4.78 is 5.05. The van der Waals surface area contributed by atoms with E-state index in [1.165, 1.54) is 13.2 Å². The molecule has 1 atom stereocenters. The van der Waals surface area contributed by atoms with Gasteiger partial charge in [-0.1, -0.05) is 13.0 Å². The molecule has 0 aromatic heterocycles. The van der Waals surface area contributed by atoms with E-state index in [4.69, 9.17) is 9.84 Å². The second kappa shape index (κ2) is 7.24. The zero-order chi connectivity index (χ0) is 17.0. The van der Waals surface area contributed by atoms with Crippen molar-refractivity contribution < 1.29 is 25.2 Å². The fourth-order valence-corrected chi connectivity index (χ4v) is 2.37. The molecule has 0 aliphatic heterocycles. The van der Waals surface area contributed by atoms with Gasteiger partial charge in [0.05, 0.1) is 7.11 Å². The molecule has 23 heavy (non-hydrogen) atoms. The third-order valence-electron chi connectivity index (χ3n) is 3.91. The molecule has 1 unspecified atom stereocenters. The Bertz CT molecular complexity index is 681. The van der Waals surface area contributed by atoms with Crippen LogP contribution in [0.5, 0.6) is 23.0 Å². The second-order valence-corrected chi connectivity index (χ2v) is 5.72. The van der Waals surface area contributed by atoms with Crippen LogP contribution in [0.15, 0.2) is 30.3 Å². The Balaban J connectivity index is 2.35. The van der Waals surface area contributed by atoms with Crippen LogP contribution in [-0.2, 0) is 6.42 Å². The van der Waals surface area contributed by atoms with Crippen molar-refractivity contribution >= 4 is 0 Å². The average molecular weight is 318 g/mol. The maximum absolute atomic E-state index is 9.99. The normalized spacial score (nSPS) is 12.1. The number of hydrogen-bond acceptors (Lipinski definition) is 5. The van der Waals surface area contributed by atoms with Crippen LogP contribution in [0.4, 0.5) is 0 Å². The summed E-state index contributed by atoms with van der Waals surface area (Å²) in [6.45, 7) is 2.06. The number of aliphatic hydroxyl groups excluding tert-OH is 1. The molecule has 5 heteroatoms. The number of ether oxygens (including phenoxy) is 1. The van der Waals surface area contributed by atoms with Gasteiger partial charge >= 0.3 is 0 Å². The second-order valence-electron chi connectivity index (χ2n) is 5.72. The van der Waals surface area contributed by atoms with Gasteiger partial charge < -0.3 is 25.2 Å². The lowest BCUT2D eigenvalue weighted by atomic mass is 9.97. The van der Waals surface area contributed by atoms with E-state index >= 15 is 0 Å². The first-order chi connectivity index (χ1) is 11.0. The van der Waals surface area contributed by atoms with Crippen molar-refractivity contribution in [3.63, 3.8) is 0 Å². The first-order valence-corrected chi connectivity index (χ1v) is 7.49. The van der Waals surface area contributed by atoms with Gasteiger partial charge in [-0.2, -0.15) is 0 Å². The van der Waals surface area contributed by atoms with E-state index in [-0.39, 0.29) is 35.5 Å². The SMILES string of the molecule is COc1cc(-c2ccc(O)c(CCC(C)CO)c2)cc(O)c1O. The summed E-state index contributed by atoms with van der Waals surface area (Å²) in [6.07, 6.45) is 1.40. The van der Waals surface area contributed by atoms with Crippen molar-refractivity contribution in [2.75, 3.05) is 13.7 Å². The van der Waals surface area contributed by atoms with E-state index in [0.717, 1.165) is 17.5 Å². The van der Waals surface area contributed by atoms with Crippen molar-refractivity contribution in [2.24, 2.45) is 5.92 Å². The first kappa shape index (κ1) is 17.0. The van der Waals surface area contributed by atoms with Gasteiger partial charge in [-0.05, 0) is 59.7 Å². The Morgan fingerprint density at radius 2 is 1.74 bits per heavy atom. The van der Waals surface area contributed by atoms with Crippen LogP contribution in [0.25, 0.3) is 11.1 Å². The number of hydrogen-bond donors (Lipinski definition) is 4. The molecule has 4 N–H and O–H groups in total. The predicted molar refractivity (Wildman–Crippen MR) is 88.0 cm³/mol. The number of aryl methyl sites for hydroxylation is 1. The Hall–Kier alpha value is -2.40. The molecule has 0 amide bonds. The fraction of sp³-hybridized carbons (Fsp3) is 0.333. The lowest BCUT2D eigenvalue weighted by Crippen LogP contribution is -2.02. The summed E-state index contributed by atoms with van der Waals surface area (Å²) >= 11 is 0. The molecule has 2 rings (SSSR count). The number of phenols is 3. The van der Waals surface area contributed by atoms with Crippen LogP contribution >= 0.6 is 0 Å². The lowest BCUT2D eigenvalue weighted by molar-refractivity contribution is 0.230. The van der Waals surface area contributed by atoms with E-state index in [9.17, 15) is 15.3 Å². The molecular formula is C18H22O5. The van der Waals surface area contributed by atoms with Crippen LogP contribution in [0.2, 0.25) is 0 Å². The van der Waals surface area contributed by atoms with Crippen LogP contribution in [0.3, 0.4) is 0 Å². The van der Waals surface area contributed by atoms with E-state index in [2.05, 4.69) is 0 Å². The van der Waals surface area contributed by atoms with Crippen LogP contribution < -0.4 is 4.74 Å². The largest absolute Gasteiger partial charge is 0.508 e. The van der Waals surface area contributed by atoms with Crippen molar-refractivity contribution in [3.05, 3.63) is 35.9 Å². The van der Waals surface area contributed by atoms with Gasteiger partial charge in [0.25, 0.3) is 0 Å². The molecule has 5 nitrogen and oxygen atoms in total. The quantitative estimate of drug-likeness (QED) is 0.615. The molecule has 0 saturated heterocycles. The summed E-state index contributed by atoms with van der Waals surface area (Å²) in [5, 5.41) is 38.6. The lowest BCUT2D eigenvalue weighted by Gasteiger charge is -2.12. The highest BCUT2D eigenvalue weighted by Gasteiger charge is 2.12. The van der Waals surface area contributed by atoms with Gasteiger partial charge in [0, 0.05) is 6.61 Å². The molecule has 0 aliphatic carbocycles. The highest BCUT2D eigenvalue weighted by Crippen LogP contribution is 2.40. The molecule has 0 radical (unpaired) electrons. The van der Waals surface area contributed by atoms with Crippen LogP contribution in [0, 0.1) is 5.92 Å². The Kier molecular flexibility index (Phi) is 5.34. The van der Waals surface area contributed by atoms with Crippen molar-refractivity contribution in [3.8, 4) is 34.1 Å². The van der Waals surface area contributed by atoms with Crippen LogP contribution in [-0.4, -0.2) is 34.1 Å². The number of methoxy groups -OCH3 is 1. The van der Waals surface area contributed by atoms with Gasteiger partial charge in [-0.15, -0.1) is 0 Å². The standard InChI is InChI=1S/C18H22O5/c1-11(10-19)3-4-13-7-12(5-6-15(13)20)14-8-16(21)18(22)17(9-14)23-2/h5-9,11,19-22H,3-4,10H2,1-2H3. The monoisotopic (exact) mass is 318 g/mol. The number of rotatable bonds is 6. The highest BCUT2D eigenvalue weighted by molar-refractivity contribution is 5.71. The predicted octanol–water partition coefficient (Wildman–Crippen LogP) is 3.04. The molecule has 2 aromatic carbocycles. The molecule has 124 valence electrons. The topological polar surface area (TPSA) is 90.2 Å². The van der Waals surface area contributed by atoms with Crippen molar-refractivity contribution in [1.82, 2.24) is 0 Å². The van der Waals surface area contributed by atoms with Gasteiger partial charge in [0.15, 0.2) is 11.5 Å². The third-order valence-corrected chi connectivity index (χ3v) is 3.91. The first-order valence-electron chi connectivity index (χ1n) is 7.49. The summed E-state index contributed by atoms with van der Waals surface area (Å²) in [7, 11) is 1.41. The van der Waals surface area contributed by atoms with Crippen molar-refractivity contribution in [2.45, 2.75) is 19.8 Å². The number of benzene rings is 2. The maximum atomic E-state index is 9.99. The van der Waals surface area contributed by atoms with Gasteiger partial charge in [-0.3, -0.25) is 0 Å². The highest BCUT2D eigenvalue weighted by atomic mass is 16.5. The Labute approximate surface area is 135 Å². The average Bonchev–Trinajstić information content (AvgIpc) is 2.56. The Morgan fingerprint density at radius 3 is 2.39 bits per heavy atom.